The van der Waals surface area contributed by atoms with E-state index in [2.05, 4.69) is 157 Å². The van der Waals surface area contributed by atoms with Crippen LogP contribution < -0.4 is 24.8 Å². The zero-order valence-electron chi connectivity index (χ0n) is 25.6. The highest BCUT2D eigenvalue weighted by atomic mass is 35.5. The van der Waals surface area contributed by atoms with Crippen molar-refractivity contribution in [2.75, 3.05) is 28.2 Å². The molecule has 6 aliphatic carbocycles. The molecule has 6 heteroatoms. The Hall–Kier alpha value is -3.60. The Kier molecular flexibility index (Phi) is 6.95. The number of likely N-dealkylation sites (N-methyl/N-ethyl adjacent to an activating group) is 4. The Morgan fingerprint density at radius 3 is 0.886 bits per heavy atom. The summed E-state index contributed by atoms with van der Waals surface area (Å²) in [6, 6.07) is 38.5. The molecular formula is C38H38Cl2N4. The predicted molar refractivity (Wildman–Crippen MR) is 168 cm³/mol. The van der Waals surface area contributed by atoms with Gasteiger partial charge in [0.1, 0.15) is 24.2 Å². The van der Waals surface area contributed by atoms with Gasteiger partial charge in [-0.25, -0.2) is 0 Å². The van der Waals surface area contributed by atoms with Gasteiger partial charge in [-0.3, -0.25) is 19.0 Å². The second-order valence-corrected chi connectivity index (χ2v) is 13.3. The van der Waals surface area contributed by atoms with Crippen LogP contribution >= 0.6 is 0 Å². The maximum atomic E-state index is 2.42. The van der Waals surface area contributed by atoms with Crippen LogP contribution in [0.25, 0.3) is 0 Å². The average molecular weight is 622 g/mol. The largest absolute Gasteiger partial charge is 1.00 e. The zero-order valence-corrected chi connectivity index (χ0v) is 27.1. The molecule has 4 nitrogen and oxygen atoms in total. The average Bonchev–Trinajstić information content (AvgIpc) is 3.51. The molecule has 12 rings (SSSR count). The minimum atomic E-state index is 0. The van der Waals surface area contributed by atoms with Crippen molar-refractivity contribution >= 4 is 12.7 Å². The number of hydrogen-bond donors (Lipinski definition) is 0. The van der Waals surface area contributed by atoms with Gasteiger partial charge in [-0.15, -0.1) is 0 Å². The van der Waals surface area contributed by atoms with Crippen LogP contribution in [0.3, 0.4) is 0 Å². The summed E-state index contributed by atoms with van der Waals surface area (Å²) in [4.78, 5) is 4.85. The van der Waals surface area contributed by atoms with E-state index in [0.717, 1.165) is 0 Å². The molecule has 0 saturated heterocycles. The Balaban J connectivity index is 0.000000136. The first kappa shape index (κ1) is 29.1. The molecule has 2 heterocycles. The van der Waals surface area contributed by atoms with Gasteiger partial charge in [0, 0.05) is 0 Å². The van der Waals surface area contributed by atoms with Crippen molar-refractivity contribution in [2.24, 2.45) is 0 Å². The van der Waals surface area contributed by atoms with Crippen LogP contribution in [0.5, 0.6) is 0 Å². The van der Waals surface area contributed by atoms with E-state index in [1.165, 1.54) is 44.5 Å². The van der Waals surface area contributed by atoms with Crippen molar-refractivity contribution in [3.8, 4) is 0 Å². The van der Waals surface area contributed by atoms with Gasteiger partial charge < -0.3 is 24.8 Å². The van der Waals surface area contributed by atoms with Gasteiger partial charge in [-0.05, 0) is 44.5 Å². The lowest BCUT2D eigenvalue weighted by Crippen LogP contribution is -3.00. The molecule has 0 fully saturated rings. The molecule has 8 aliphatic rings. The van der Waals surface area contributed by atoms with Crippen LogP contribution in [0, 0.1) is 0 Å². The maximum absolute atomic E-state index is 2.42. The third kappa shape index (κ3) is 3.71. The van der Waals surface area contributed by atoms with Gasteiger partial charge in [0.05, 0.1) is 51.9 Å². The first-order valence-electron chi connectivity index (χ1n) is 15.5. The van der Waals surface area contributed by atoms with E-state index >= 15 is 0 Å². The van der Waals surface area contributed by atoms with Gasteiger partial charge in [0.15, 0.2) is 0 Å². The summed E-state index contributed by atoms with van der Waals surface area (Å²) < 4.78 is 4.85. The highest BCUT2D eigenvalue weighted by molar-refractivity contribution is 5.64. The number of nitrogens with zero attached hydrogens (tertiary/aromatic N) is 4. The summed E-state index contributed by atoms with van der Waals surface area (Å²) in [5.41, 5.74) is 12.3. The number of rotatable bonds is 0. The van der Waals surface area contributed by atoms with Gasteiger partial charge in [-0.2, -0.15) is 0 Å². The van der Waals surface area contributed by atoms with Crippen LogP contribution in [-0.2, 0) is 0 Å². The van der Waals surface area contributed by atoms with Gasteiger partial charge in [0.2, 0.25) is 12.7 Å². The minimum Gasteiger partial charge on any atom is -1.00 e. The SMILES string of the molecule is CN1C=[N+](C)[C@@H]2C3c4ccccc4C(c4ccccc43)[C@@H]21.CN1C=[N+](C)[C@H]2C3c4ccccc4C(c4ccccc43)[C@H]21.[Cl-].[Cl-]. The Bertz CT molecular complexity index is 1600. The predicted octanol–water partition coefficient (Wildman–Crippen LogP) is -0.731. The molecule has 0 aromatic heterocycles. The second kappa shape index (κ2) is 10.5. The zero-order chi connectivity index (χ0) is 28.3. The molecule has 2 aliphatic heterocycles. The van der Waals surface area contributed by atoms with Crippen LogP contribution in [0.4, 0.5) is 0 Å². The van der Waals surface area contributed by atoms with Gasteiger partial charge in [-0.1, -0.05) is 97.1 Å². The normalized spacial score (nSPS) is 30.1. The third-order valence-electron chi connectivity index (χ3n) is 11.3. The minimum absolute atomic E-state index is 0. The molecule has 4 aromatic rings. The third-order valence-corrected chi connectivity index (χ3v) is 11.3. The first-order chi connectivity index (χ1) is 20.5. The van der Waals surface area contributed by atoms with Crippen molar-refractivity contribution in [3.05, 3.63) is 142 Å². The molecule has 224 valence electrons. The maximum Gasteiger partial charge on any atom is 0.234 e. The topological polar surface area (TPSA) is 12.5 Å². The van der Waals surface area contributed by atoms with E-state index in [-0.39, 0.29) is 24.8 Å². The highest BCUT2D eigenvalue weighted by Gasteiger charge is 2.59. The van der Waals surface area contributed by atoms with Crippen LogP contribution in [0.15, 0.2) is 97.1 Å². The standard InChI is InChI=1S/2C19H19N2.2ClH/c2*1-20-11-21(2)19-17-14-9-5-3-7-12(14)16(18(19)20)13-8-4-6-10-15(13)17;;/h2*3-11,16-19H,1-2H3;2*1H/q2*+1;;/p-2/t2*16?,17?,18-,19+;;. The van der Waals surface area contributed by atoms with Crippen molar-refractivity contribution in [3.63, 3.8) is 0 Å². The smallest absolute Gasteiger partial charge is 0.234 e. The van der Waals surface area contributed by atoms with E-state index < -0.39 is 0 Å². The molecule has 0 amide bonds. The summed E-state index contributed by atoms with van der Waals surface area (Å²) in [6.45, 7) is 0. The molecule has 0 radical (unpaired) electrons. The lowest BCUT2D eigenvalue weighted by molar-refractivity contribution is -0.532. The molecule has 0 spiro atoms. The Morgan fingerprint density at radius 1 is 0.409 bits per heavy atom. The molecule has 4 bridgehead atoms. The molecule has 0 N–H and O–H groups in total. The van der Waals surface area contributed by atoms with E-state index in [1.54, 1.807) is 0 Å². The fourth-order valence-electron chi connectivity index (χ4n) is 10.0. The molecule has 0 saturated carbocycles. The van der Waals surface area contributed by atoms with Crippen LogP contribution in [0.1, 0.15) is 68.2 Å². The second-order valence-electron chi connectivity index (χ2n) is 13.3. The fourth-order valence-corrected chi connectivity index (χ4v) is 10.0. The fraction of sp³-hybridized carbons (Fsp3) is 0.316. The molecule has 4 aromatic carbocycles. The van der Waals surface area contributed by atoms with Crippen molar-refractivity contribution < 1.29 is 34.0 Å². The molecule has 44 heavy (non-hydrogen) atoms. The number of halogens is 2. The molecular weight excluding hydrogens is 583 g/mol. The number of hydrogen-bond acceptors (Lipinski definition) is 2. The highest BCUT2D eigenvalue weighted by Crippen LogP contribution is 2.56. The van der Waals surface area contributed by atoms with Crippen molar-refractivity contribution in [2.45, 2.75) is 47.8 Å². The summed E-state index contributed by atoms with van der Waals surface area (Å²) >= 11 is 0. The van der Waals surface area contributed by atoms with Crippen molar-refractivity contribution in [1.82, 2.24) is 9.80 Å². The number of benzene rings is 4. The van der Waals surface area contributed by atoms with E-state index in [9.17, 15) is 0 Å². The van der Waals surface area contributed by atoms with Crippen LogP contribution in [0.2, 0.25) is 0 Å². The summed E-state index contributed by atoms with van der Waals surface area (Å²) in [7, 11) is 8.92. The van der Waals surface area contributed by atoms with E-state index in [1.807, 2.05) is 0 Å². The monoisotopic (exact) mass is 620 g/mol. The van der Waals surface area contributed by atoms with E-state index in [0.29, 0.717) is 47.8 Å². The molecule has 0 unspecified atom stereocenters. The summed E-state index contributed by atoms with van der Waals surface area (Å²) in [6.07, 6.45) is 4.57. The lowest BCUT2D eigenvalue weighted by atomic mass is 9.59. The van der Waals surface area contributed by atoms with Gasteiger partial charge in [0.25, 0.3) is 0 Å². The van der Waals surface area contributed by atoms with E-state index in [4.69, 9.17) is 0 Å². The Morgan fingerprint density at radius 2 is 0.636 bits per heavy atom. The molecule has 4 atom stereocenters. The summed E-state index contributed by atoms with van der Waals surface area (Å²) in [5.74, 6) is 1.99. The first-order valence-corrected chi connectivity index (χ1v) is 15.5. The van der Waals surface area contributed by atoms with Crippen LogP contribution in [-0.4, -0.2) is 84.0 Å². The lowest BCUT2D eigenvalue weighted by Gasteiger charge is -2.46. The van der Waals surface area contributed by atoms with Gasteiger partial charge >= 0.3 is 0 Å². The quantitative estimate of drug-likeness (QED) is 0.241. The Labute approximate surface area is 273 Å². The van der Waals surface area contributed by atoms with Crippen molar-refractivity contribution in [1.29, 1.82) is 0 Å². The summed E-state index contributed by atoms with van der Waals surface area (Å²) in [5, 5.41) is 0.